The highest BCUT2D eigenvalue weighted by Gasteiger charge is 2.31. The number of fused-ring (bicyclic) bond motifs is 1. The predicted octanol–water partition coefficient (Wildman–Crippen LogP) is 4.45. The van der Waals surface area contributed by atoms with Gasteiger partial charge in [-0.3, -0.25) is 24.2 Å². The van der Waals surface area contributed by atoms with Crippen LogP contribution in [-0.4, -0.2) is 59.7 Å². The topological polar surface area (TPSA) is 109 Å². The summed E-state index contributed by atoms with van der Waals surface area (Å²) in [5.41, 5.74) is 3.32. The molecule has 4 aromatic rings. The molecule has 0 unspecified atom stereocenters. The number of rotatable bonds is 7. The number of carbonyl (C=O) groups excluding carboxylic acids is 2. The summed E-state index contributed by atoms with van der Waals surface area (Å²) in [5.74, 6) is -0.353. The second-order valence-electron chi connectivity index (χ2n) is 9.76. The minimum atomic E-state index is -0.284. The summed E-state index contributed by atoms with van der Waals surface area (Å²) in [6.07, 6.45) is 9.52. The van der Waals surface area contributed by atoms with Crippen LogP contribution in [0, 0.1) is 6.92 Å². The van der Waals surface area contributed by atoms with Crippen LogP contribution in [-0.2, 0) is 11.8 Å². The first-order chi connectivity index (χ1) is 17.2. The summed E-state index contributed by atoms with van der Waals surface area (Å²) in [4.78, 5) is 34.2. The molecule has 1 aliphatic rings. The molecule has 10 nitrogen and oxygen atoms in total. The summed E-state index contributed by atoms with van der Waals surface area (Å²) in [6, 6.07) is 3.67. The normalized spacial score (nSPS) is 15.4. The van der Waals surface area contributed by atoms with Gasteiger partial charge in [0, 0.05) is 40.8 Å². The number of thiazole rings is 1. The molecule has 0 atom stereocenters. The molecule has 5 heterocycles. The molecule has 0 radical (unpaired) electrons. The van der Waals surface area contributed by atoms with Gasteiger partial charge in [0.2, 0.25) is 5.91 Å². The first-order valence-corrected chi connectivity index (χ1v) is 12.8. The van der Waals surface area contributed by atoms with Crippen LogP contribution in [0.5, 0.6) is 0 Å². The lowest BCUT2D eigenvalue weighted by Gasteiger charge is -2.31. The zero-order chi connectivity index (χ0) is 25.4. The number of anilines is 2. The Kier molecular flexibility index (Phi) is 6.35. The lowest BCUT2D eigenvalue weighted by Crippen LogP contribution is -2.39. The molecule has 36 heavy (non-hydrogen) atoms. The predicted molar refractivity (Wildman–Crippen MR) is 145 cm³/mol. The first-order valence-electron chi connectivity index (χ1n) is 12.0. The maximum absolute atomic E-state index is 13.2. The van der Waals surface area contributed by atoms with Crippen LogP contribution in [0.15, 0.2) is 36.9 Å². The van der Waals surface area contributed by atoms with E-state index in [2.05, 4.69) is 44.6 Å². The molecule has 0 aromatic carbocycles. The van der Waals surface area contributed by atoms with Gasteiger partial charge in [0.15, 0.2) is 0 Å². The molecule has 1 aliphatic heterocycles. The Morgan fingerprint density at radius 3 is 2.78 bits per heavy atom. The third-order valence-electron chi connectivity index (χ3n) is 6.81. The zero-order valence-corrected chi connectivity index (χ0v) is 21.7. The third kappa shape index (κ3) is 4.76. The van der Waals surface area contributed by atoms with Crippen molar-refractivity contribution < 1.29 is 12.4 Å². The lowest BCUT2D eigenvalue weighted by atomic mass is 10.0. The fourth-order valence-electron chi connectivity index (χ4n) is 4.63. The SMILES string of the molecule is Cc1ncc(NC(=O)CCN2CCCC2(C)C)cc1NC(=O)c1cnn2cc(-c3ccnn3C)sc12.[HH].[HH]. The molecule has 2 N–H and O–H groups in total. The van der Waals surface area contributed by atoms with Crippen molar-refractivity contribution >= 4 is 39.4 Å². The highest BCUT2D eigenvalue weighted by atomic mass is 32.1. The highest BCUT2D eigenvalue weighted by Crippen LogP contribution is 2.31. The Hall–Kier alpha value is -3.57. The molecule has 0 saturated carbocycles. The maximum Gasteiger partial charge on any atom is 0.260 e. The molecule has 2 amide bonds. The van der Waals surface area contributed by atoms with Gasteiger partial charge in [-0.05, 0) is 52.3 Å². The smallest absolute Gasteiger partial charge is 0.260 e. The van der Waals surface area contributed by atoms with Crippen molar-refractivity contribution in [1.29, 1.82) is 0 Å². The van der Waals surface area contributed by atoms with Crippen LogP contribution in [0.2, 0.25) is 0 Å². The van der Waals surface area contributed by atoms with E-state index in [1.54, 1.807) is 33.9 Å². The number of hydrogen-bond acceptors (Lipinski definition) is 7. The molecule has 5 rings (SSSR count). The van der Waals surface area contributed by atoms with E-state index in [0.29, 0.717) is 29.1 Å². The summed E-state index contributed by atoms with van der Waals surface area (Å²) in [6.45, 7) is 8.01. The summed E-state index contributed by atoms with van der Waals surface area (Å²) in [7, 11) is 1.88. The first kappa shape index (κ1) is 24.1. The minimum absolute atomic E-state index is 0. The van der Waals surface area contributed by atoms with E-state index in [9.17, 15) is 9.59 Å². The number of hydrogen-bond donors (Lipinski definition) is 2. The van der Waals surface area contributed by atoms with Gasteiger partial charge in [-0.25, -0.2) is 4.52 Å². The van der Waals surface area contributed by atoms with E-state index in [-0.39, 0.29) is 20.2 Å². The van der Waals surface area contributed by atoms with E-state index in [1.807, 2.05) is 26.2 Å². The minimum Gasteiger partial charge on any atom is -0.325 e. The van der Waals surface area contributed by atoms with Crippen molar-refractivity contribution in [2.24, 2.45) is 7.05 Å². The van der Waals surface area contributed by atoms with Crippen LogP contribution in [0.3, 0.4) is 0 Å². The molecule has 0 spiro atoms. The van der Waals surface area contributed by atoms with Crippen LogP contribution in [0.4, 0.5) is 11.4 Å². The Morgan fingerprint density at radius 2 is 2.06 bits per heavy atom. The van der Waals surface area contributed by atoms with Gasteiger partial charge < -0.3 is 10.6 Å². The second-order valence-corrected chi connectivity index (χ2v) is 10.8. The molecular weight excluding hydrogens is 476 g/mol. The van der Waals surface area contributed by atoms with E-state index in [4.69, 9.17) is 0 Å². The monoisotopic (exact) mass is 510 g/mol. The van der Waals surface area contributed by atoms with Gasteiger partial charge >= 0.3 is 0 Å². The summed E-state index contributed by atoms with van der Waals surface area (Å²) >= 11 is 1.47. The molecule has 0 aliphatic carbocycles. The second kappa shape index (κ2) is 9.47. The number of amides is 2. The quantitative estimate of drug-likeness (QED) is 0.380. The number of aromatic nitrogens is 5. The van der Waals surface area contributed by atoms with Crippen molar-refractivity contribution in [3.63, 3.8) is 0 Å². The zero-order valence-electron chi connectivity index (χ0n) is 20.9. The molecule has 1 saturated heterocycles. The average molecular weight is 511 g/mol. The van der Waals surface area contributed by atoms with E-state index >= 15 is 0 Å². The van der Waals surface area contributed by atoms with Crippen molar-refractivity contribution in [3.05, 3.63) is 48.2 Å². The Balaban J connectivity index is 0.00000200. The number of carbonyl (C=O) groups is 2. The number of nitrogens with one attached hydrogen (secondary N) is 2. The Labute approximate surface area is 216 Å². The molecule has 192 valence electrons. The summed E-state index contributed by atoms with van der Waals surface area (Å²) in [5, 5.41) is 14.4. The molecule has 11 heteroatoms. The van der Waals surface area contributed by atoms with Crippen LogP contribution < -0.4 is 10.6 Å². The summed E-state index contributed by atoms with van der Waals surface area (Å²) < 4.78 is 3.48. The lowest BCUT2D eigenvalue weighted by molar-refractivity contribution is -0.116. The number of pyridine rings is 1. The number of nitrogens with zero attached hydrogens (tertiary/aromatic N) is 6. The maximum atomic E-state index is 13.2. The van der Waals surface area contributed by atoms with Crippen LogP contribution in [0.25, 0.3) is 15.4 Å². The van der Waals surface area contributed by atoms with Gasteiger partial charge in [0.1, 0.15) is 4.83 Å². The fraction of sp³-hybridized carbons (Fsp3) is 0.400. The standard InChI is InChI=1S/C25H30N8O2S.2H2/c1-16-19(12-17(13-26-16)29-22(34)7-11-32-10-5-8-25(32,2)3)30-23(35)18-14-28-33-15-21(36-24(18)33)20-6-9-27-31(20)4;;/h6,9,12-15H,5,7-8,10-11H2,1-4H3,(H,29,34)(H,30,35);2*1H. The molecule has 4 aromatic heterocycles. The number of likely N-dealkylation sites (tertiary alicyclic amines) is 1. The molecule has 1 fully saturated rings. The van der Waals surface area contributed by atoms with Crippen molar-refractivity contribution in [1.82, 2.24) is 29.3 Å². The van der Waals surface area contributed by atoms with E-state index < -0.39 is 0 Å². The van der Waals surface area contributed by atoms with Crippen LogP contribution in [0.1, 0.15) is 52.0 Å². The van der Waals surface area contributed by atoms with Gasteiger partial charge in [-0.2, -0.15) is 10.2 Å². The van der Waals surface area contributed by atoms with E-state index in [1.165, 1.54) is 17.8 Å². The largest absolute Gasteiger partial charge is 0.325 e. The highest BCUT2D eigenvalue weighted by molar-refractivity contribution is 7.21. The molecule has 0 bridgehead atoms. The Morgan fingerprint density at radius 1 is 1.22 bits per heavy atom. The van der Waals surface area contributed by atoms with Gasteiger partial charge in [0.05, 0.1) is 45.6 Å². The van der Waals surface area contributed by atoms with Gasteiger partial charge in [0.25, 0.3) is 5.91 Å². The number of aryl methyl sites for hydroxylation is 2. The van der Waals surface area contributed by atoms with Gasteiger partial charge in [-0.15, -0.1) is 11.3 Å². The van der Waals surface area contributed by atoms with Gasteiger partial charge in [-0.1, -0.05) is 0 Å². The van der Waals surface area contributed by atoms with Crippen molar-refractivity contribution in [2.75, 3.05) is 23.7 Å². The van der Waals surface area contributed by atoms with Crippen molar-refractivity contribution in [3.8, 4) is 10.6 Å². The average Bonchev–Trinajstić information content (AvgIpc) is 3.58. The Bertz CT molecular complexity index is 1440. The van der Waals surface area contributed by atoms with E-state index in [0.717, 1.165) is 34.9 Å². The van der Waals surface area contributed by atoms with Crippen molar-refractivity contribution in [2.45, 2.75) is 45.6 Å². The van der Waals surface area contributed by atoms with Crippen LogP contribution >= 0.6 is 11.3 Å². The fourth-order valence-corrected chi connectivity index (χ4v) is 5.75. The third-order valence-corrected chi connectivity index (χ3v) is 7.95. The molecular formula is C25H34N8O2S.